The van der Waals surface area contributed by atoms with Gasteiger partial charge in [0.25, 0.3) is 0 Å². The van der Waals surface area contributed by atoms with E-state index >= 15 is 0 Å². The summed E-state index contributed by atoms with van der Waals surface area (Å²) in [6.07, 6.45) is 2.54. The van der Waals surface area contributed by atoms with Crippen molar-refractivity contribution < 1.29 is 5.11 Å². The van der Waals surface area contributed by atoms with E-state index in [1.807, 2.05) is 7.05 Å². The van der Waals surface area contributed by atoms with Gasteiger partial charge in [0.2, 0.25) is 0 Å². The van der Waals surface area contributed by atoms with Crippen LogP contribution in [-0.2, 0) is 0 Å². The minimum absolute atomic E-state index is 0.209. The van der Waals surface area contributed by atoms with Crippen LogP contribution in [0.5, 0.6) is 0 Å². The zero-order chi connectivity index (χ0) is 13.7. The first-order valence-corrected chi connectivity index (χ1v) is 6.90. The Labute approximate surface area is 118 Å². The Bertz CT molecular complexity index is 417. The molecule has 1 fully saturated rings. The lowest BCUT2D eigenvalue weighted by molar-refractivity contribution is 0.204. The minimum atomic E-state index is 0.209. The Morgan fingerprint density at radius 2 is 2.16 bits per heavy atom. The van der Waals surface area contributed by atoms with Crippen LogP contribution < -0.4 is 10.2 Å². The first-order valence-electron chi connectivity index (χ1n) is 6.52. The molecule has 0 spiro atoms. The van der Waals surface area contributed by atoms with Crippen LogP contribution in [0.15, 0.2) is 6.33 Å². The molecule has 2 N–H and O–H groups in total. The molecule has 0 bridgehead atoms. The summed E-state index contributed by atoms with van der Waals surface area (Å²) in [6.45, 7) is 4.68. The second-order valence-corrected chi connectivity index (χ2v) is 4.88. The second kappa shape index (κ2) is 6.88. The third kappa shape index (κ3) is 3.46. The molecule has 19 heavy (non-hydrogen) atoms. The first kappa shape index (κ1) is 14.3. The Kier molecular flexibility index (Phi) is 5.18. The number of halogens is 1. The van der Waals surface area contributed by atoms with Gasteiger partial charge in [-0.2, -0.15) is 0 Å². The van der Waals surface area contributed by atoms with Gasteiger partial charge in [0.1, 0.15) is 12.0 Å². The van der Waals surface area contributed by atoms with E-state index in [1.54, 1.807) is 0 Å². The van der Waals surface area contributed by atoms with Crippen molar-refractivity contribution in [3.63, 3.8) is 0 Å². The number of rotatable bonds is 4. The molecule has 0 saturated carbocycles. The number of β-amino-alcohol motifs (C(OH)–C–C–N with tert-alkyl or cyclic N) is 1. The lowest BCUT2D eigenvalue weighted by Gasteiger charge is -2.24. The number of aliphatic hydroxyl groups excluding tert-OH is 1. The highest BCUT2D eigenvalue weighted by Gasteiger charge is 2.19. The highest BCUT2D eigenvalue weighted by molar-refractivity contribution is 6.32. The number of nitrogens with zero attached hydrogens (tertiary/aromatic N) is 4. The van der Waals surface area contributed by atoms with E-state index in [-0.39, 0.29) is 6.61 Å². The summed E-state index contributed by atoms with van der Waals surface area (Å²) in [7, 11) is 1.82. The maximum atomic E-state index is 9.01. The molecule has 0 radical (unpaired) electrons. The van der Waals surface area contributed by atoms with Crippen LogP contribution in [0.3, 0.4) is 0 Å². The molecule has 2 heterocycles. The van der Waals surface area contributed by atoms with E-state index in [4.69, 9.17) is 16.7 Å². The second-order valence-electron chi connectivity index (χ2n) is 4.52. The summed E-state index contributed by atoms with van der Waals surface area (Å²) in [5.74, 6) is 0.855. The fourth-order valence-electron chi connectivity index (χ4n) is 2.36. The van der Waals surface area contributed by atoms with Gasteiger partial charge in [0.05, 0.1) is 6.61 Å². The largest absolute Gasteiger partial charge is 0.395 e. The van der Waals surface area contributed by atoms with E-state index in [1.165, 1.54) is 6.33 Å². The van der Waals surface area contributed by atoms with Crippen LogP contribution >= 0.6 is 11.6 Å². The van der Waals surface area contributed by atoms with Crippen LogP contribution in [0.2, 0.25) is 5.15 Å². The lowest BCUT2D eigenvalue weighted by atomic mass is 10.3. The summed E-state index contributed by atoms with van der Waals surface area (Å²) >= 11 is 6.08. The quantitative estimate of drug-likeness (QED) is 0.793. The molecule has 7 heteroatoms. The molecule has 1 aliphatic rings. The summed E-state index contributed by atoms with van der Waals surface area (Å²) in [5.41, 5.74) is 0.778. The van der Waals surface area contributed by atoms with Crippen molar-refractivity contribution in [1.82, 2.24) is 14.9 Å². The molecule has 0 aliphatic carbocycles. The summed E-state index contributed by atoms with van der Waals surface area (Å²) in [4.78, 5) is 12.8. The third-order valence-corrected chi connectivity index (χ3v) is 3.62. The summed E-state index contributed by atoms with van der Waals surface area (Å²) < 4.78 is 0. The average Bonchev–Trinajstić information content (AvgIpc) is 2.64. The molecule has 1 aromatic heterocycles. The van der Waals surface area contributed by atoms with E-state index in [0.717, 1.165) is 50.6 Å². The molecule has 2 rings (SSSR count). The van der Waals surface area contributed by atoms with Crippen LogP contribution in [0.1, 0.15) is 6.42 Å². The van der Waals surface area contributed by atoms with Gasteiger partial charge in [0, 0.05) is 33.2 Å². The molecule has 1 aromatic rings. The van der Waals surface area contributed by atoms with Gasteiger partial charge >= 0.3 is 0 Å². The maximum absolute atomic E-state index is 9.01. The normalized spacial score (nSPS) is 17.3. The van der Waals surface area contributed by atoms with Crippen molar-refractivity contribution in [2.75, 3.05) is 56.6 Å². The van der Waals surface area contributed by atoms with E-state index in [0.29, 0.717) is 5.15 Å². The van der Waals surface area contributed by atoms with Gasteiger partial charge in [-0.25, -0.2) is 9.97 Å². The Morgan fingerprint density at radius 3 is 2.89 bits per heavy atom. The number of hydrogen-bond donors (Lipinski definition) is 2. The van der Waals surface area contributed by atoms with Gasteiger partial charge in [-0.3, -0.25) is 4.90 Å². The standard InChI is InChI=1S/C12H20ClN5O/c1-14-10-11(13)15-9-16-12(10)18-4-2-3-17(5-6-18)7-8-19/h9,14,19H,2-8H2,1H3. The molecule has 1 saturated heterocycles. The van der Waals surface area contributed by atoms with Gasteiger partial charge in [-0.05, 0) is 13.0 Å². The SMILES string of the molecule is CNc1c(Cl)ncnc1N1CCCN(CCO)CC1. The number of aliphatic hydroxyl groups is 1. The predicted molar refractivity (Wildman–Crippen MR) is 76.9 cm³/mol. The number of anilines is 2. The topological polar surface area (TPSA) is 64.5 Å². The molecule has 0 unspecified atom stereocenters. The Morgan fingerprint density at radius 1 is 1.32 bits per heavy atom. The van der Waals surface area contributed by atoms with Crippen molar-refractivity contribution in [1.29, 1.82) is 0 Å². The highest BCUT2D eigenvalue weighted by atomic mass is 35.5. The van der Waals surface area contributed by atoms with Crippen LogP contribution in [-0.4, -0.2) is 66.4 Å². The highest BCUT2D eigenvalue weighted by Crippen LogP contribution is 2.29. The summed E-state index contributed by atoms with van der Waals surface area (Å²) in [6, 6.07) is 0. The number of nitrogens with one attached hydrogen (secondary N) is 1. The van der Waals surface area contributed by atoms with Gasteiger partial charge < -0.3 is 15.3 Å². The van der Waals surface area contributed by atoms with E-state index in [2.05, 4.69) is 25.1 Å². The fourth-order valence-corrected chi connectivity index (χ4v) is 2.58. The lowest BCUT2D eigenvalue weighted by Crippen LogP contribution is -2.33. The fraction of sp³-hybridized carbons (Fsp3) is 0.667. The zero-order valence-electron chi connectivity index (χ0n) is 11.1. The Hall–Kier alpha value is -1.11. The minimum Gasteiger partial charge on any atom is -0.395 e. The van der Waals surface area contributed by atoms with Crippen LogP contribution in [0.25, 0.3) is 0 Å². The molecule has 6 nitrogen and oxygen atoms in total. The molecule has 0 atom stereocenters. The van der Waals surface area contributed by atoms with Crippen molar-refractivity contribution >= 4 is 23.1 Å². The van der Waals surface area contributed by atoms with E-state index in [9.17, 15) is 0 Å². The Balaban J connectivity index is 2.12. The molecular weight excluding hydrogens is 266 g/mol. The zero-order valence-corrected chi connectivity index (χ0v) is 11.9. The van der Waals surface area contributed by atoms with Gasteiger partial charge in [-0.15, -0.1) is 0 Å². The number of aromatic nitrogens is 2. The molecule has 0 amide bonds. The first-order chi connectivity index (χ1) is 9.26. The van der Waals surface area contributed by atoms with Gasteiger partial charge in [-0.1, -0.05) is 11.6 Å². The molecular formula is C12H20ClN5O. The predicted octanol–water partition coefficient (Wildman–Crippen LogP) is 0.676. The van der Waals surface area contributed by atoms with Crippen molar-refractivity contribution in [2.24, 2.45) is 0 Å². The molecule has 1 aliphatic heterocycles. The van der Waals surface area contributed by atoms with Crippen molar-refractivity contribution in [2.45, 2.75) is 6.42 Å². The number of hydrogen-bond acceptors (Lipinski definition) is 6. The average molecular weight is 286 g/mol. The summed E-state index contributed by atoms with van der Waals surface area (Å²) in [5, 5.41) is 12.5. The molecule has 106 valence electrons. The smallest absolute Gasteiger partial charge is 0.157 e. The molecule has 0 aromatic carbocycles. The van der Waals surface area contributed by atoms with Crippen LogP contribution in [0.4, 0.5) is 11.5 Å². The third-order valence-electron chi connectivity index (χ3n) is 3.34. The monoisotopic (exact) mass is 285 g/mol. The van der Waals surface area contributed by atoms with Gasteiger partial charge in [0.15, 0.2) is 11.0 Å². The van der Waals surface area contributed by atoms with E-state index < -0.39 is 0 Å². The maximum Gasteiger partial charge on any atom is 0.157 e. The van der Waals surface area contributed by atoms with Crippen molar-refractivity contribution in [3.8, 4) is 0 Å². The van der Waals surface area contributed by atoms with Crippen LogP contribution in [0, 0.1) is 0 Å². The van der Waals surface area contributed by atoms with Crippen molar-refractivity contribution in [3.05, 3.63) is 11.5 Å².